The molecule has 102 valence electrons. The number of anilines is 1. The van der Waals surface area contributed by atoms with E-state index in [0.29, 0.717) is 17.1 Å². The Bertz CT molecular complexity index is 531. The van der Waals surface area contributed by atoms with E-state index < -0.39 is 0 Å². The van der Waals surface area contributed by atoms with Crippen molar-refractivity contribution < 1.29 is 4.79 Å². The molecule has 0 unspecified atom stereocenters. The van der Waals surface area contributed by atoms with E-state index in [1.807, 2.05) is 18.7 Å². The fourth-order valence-corrected chi connectivity index (χ4v) is 3.25. The molecule has 0 spiro atoms. The summed E-state index contributed by atoms with van der Waals surface area (Å²) in [5.41, 5.74) is 7.34. The lowest BCUT2D eigenvalue weighted by Gasteiger charge is -2.14. The lowest BCUT2D eigenvalue weighted by molar-refractivity contribution is -0.117. The summed E-state index contributed by atoms with van der Waals surface area (Å²) < 4.78 is 0. The number of nitrogens with one attached hydrogen (secondary N) is 1. The molecular weight excluding hydrogens is 260 g/mol. The van der Waals surface area contributed by atoms with Crippen molar-refractivity contribution in [2.75, 3.05) is 25.0 Å². The molecule has 0 bridgehead atoms. The van der Waals surface area contributed by atoms with Crippen LogP contribution in [0.4, 0.5) is 5.00 Å². The fourth-order valence-electron chi connectivity index (χ4n) is 2.23. The van der Waals surface area contributed by atoms with Crippen molar-refractivity contribution in [3.05, 3.63) is 16.0 Å². The zero-order valence-corrected chi connectivity index (χ0v) is 12.0. The zero-order chi connectivity index (χ0) is 14.0. The van der Waals surface area contributed by atoms with Crippen molar-refractivity contribution in [1.82, 2.24) is 4.90 Å². The molecule has 1 aromatic rings. The van der Waals surface area contributed by atoms with Crippen molar-refractivity contribution in [3.8, 4) is 6.07 Å². The summed E-state index contributed by atoms with van der Waals surface area (Å²) in [7, 11) is 0. The smallest absolute Gasteiger partial charge is 0.239 e. The first-order chi connectivity index (χ1) is 9.01. The second kappa shape index (κ2) is 5.70. The van der Waals surface area contributed by atoms with Gasteiger partial charge in [-0.2, -0.15) is 5.26 Å². The molecule has 0 aromatic carbocycles. The van der Waals surface area contributed by atoms with E-state index in [0.717, 1.165) is 30.0 Å². The van der Waals surface area contributed by atoms with Gasteiger partial charge in [0, 0.05) is 24.0 Å². The zero-order valence-electron chi connectivity index (χ0n) is 11.2. The lowest BCUT2D eigenvalue weighted by Crippen LogP contribution is -2.33. The molecule has 1 aliphatic rings. The van der Waals surface area contributed by atoms with Crippen LogP contribution in [0.2, 0.25) is 0 Å². The second-order valence-corrected chi connectivity index (χ2v) is 6.16. The topological polar surface area (TPSA) is 82.2 Å². The van der Waals surface area contributed by atoms with Crippen LogP contribution < -0.4 is 11.1 Å². The number of rotatable bonds is 3. The number of carbonyl (C=O) groups excluding carboxylic acids is 1. The number of hydrogen-bond acceptors (Lipinski definition) is 5. The normalized spacial score (nSPS) is 19.4. The third-order valence-electron chi connectivity index (χ3n) is 3.43. The van der Waals surface area contributed by atoms with Gasteiger partial charge in [-0.05, 0) is 25.8 Å². The van der Waals surface area contributed by atoms with E-state index in [4.69, 9.17) is 11.0 Å². The van der Waals surface area contributed by atoms with Crippen LogP contribution in [0.1, 0.15) is 22.4 Å². The highest BCUT2D eigenvalue weighted by Gasteiger charge is 2.22. The van der Waals surface area contributed by atoms with Crippen molar-refractivity contribution in [1.29, 1.82) is 5.26 Å². The number of aryl methyl sites for hydroxylation is 1. The van der Waals surface area contributed by atoms with Gasteiger partial charge in [0.1, 0.15) is 11.1 Å². The largest absolute Gasteiger partial charge is 0.326 e. The van der Waals surface area contributed by atoms with Crippen LogP contribution in [0.15, 0.2) is 0 Å². The molecule has 19 heavy (non-hydrogen) atoms. The minimum atomic E-state index is -0.0770. The minimum absolute atomic E-state index is 0.0770. The van der Waals surface area contributed by atoms with E-state index in [1.54, 1.807) is 0 Å². The van der Waals surface area contributed by atoms with Gasteiger partial charge in [0.2, 0.25) is 5.91 Å². The van der Waals surface area contributed by atoms with Gasteiger partial charge in [0.25, 0.3) is 0 Å². The number of hydrogen-bond donors (Lipinski definition) is 2. The summed E-state index contributed by atoms with van der Waals surface area (Å²) in [6, 6.07) is 2.33. The molecule has 1 saturated heterocycles. The molecule has 5 nitrogen and oxygen atoms in total. The highest BCUT2D eigenvalue weighted by Crippen LogP contribution is 2.31. The predicted octanol–water partition coefficient (Wildman–Crippen LogP) is 1.21. The van der Waals surface area contributed by atoms with Crippen LogP contribution >= 0.6 is 11.3 Å². The van der Waals surface area contributed by atoms with Crippen LogP contribution in [-0.2, 0) is 4.79 Å². The monoisotopic (exact) mass is 278 g/mol. The van der Waals surface area contributed by atoms with Gasteiger partial charge in [-0.25, -0.2) is 0 Å². The Hall–Kier alpha value is -1.42. The molecule has 1 aliphatic heterocycles. The Balaban J connectivity index is 2.00. The second-order valence-electron chi connectivity index (χ2n) is 4.93. The molecule has 3 N–H and O–H groups in total. The first-order valence-corrected chi connectivity index (χ1v) is 7.10. The third kappa shape index (κ3) is 3.13. The van der Waals surface area contributed by atoms with E-state index >= 15 is 0 Å². The maximum atomic E-state index is 12.0. The van der Waals surface area contributed by atoms with Crippen molar-refractivity contribution in [2.24, 2.45) is 5.73 Å². The highest BCUT2D eigenvalue weighted by molar-refractivity contribution is 7.16. The first-order valence-electron chi connectivity index (χ1n) is 6.29. The average molecular weight is 278 g/mol. The fraction of sp³-hybridized carbons (Fsp3) is 0.538. The molecule has 0 saturated carbocycles. The van der Waals surface area contributed by atoms with Crippen LogP contribution in [0.25, 0.3) is 0 Å². The summed E-state index contributed by atoms with van der Waals surface area (Å²) in [5, 5.41) is 12.6. The summed E-state index contributed by atoms with van der Waals surface area (Å²) in [6.45, 7) is 5.83. The summed E-state index contributed by atoms with van der Waals surface area (Å²) >= 11 is 1.45. The number of amides is 1. The summed E-state index contributed by atoms with van der Waals surface area (Å²) in [4.78, 5) is 15.1. The van der Waals surface area contributed by atoms with E-state index in [1.165, 1.54) is 11.3 Å². The van der Waals surface area contributed by atoms with E-state index in [-0.39, 0.29) is 11.9 Å². The van der Waals surface area contributed by atoms with Gasteiger partial charge in [-0.15, -0.1) is 11.3 Å². The highest BCUT2D eigenvalue weighted by atomic mass is 32.1. The van der Waals surface area contributed by atoms with Gasteiger partial charge in [0.15, 0.2) is 0 Å². The number of nitrogens with two attached hydrogens (primary N) is 1. The third-order valence-corrected chi connectivity index (χ3v) is 4.55. The van der Waals surface area contributed by atoms with Gasteiger partial charge < -0.3 is 11.1 Å². The Labute approximate surface area is 117 Å². The van der Waals surface area contributed by atoms with Crippen molar-refractivity contribution >= 4 is 22.2 Å². The van der Waals surface area contributed by atoms with Gasteiger partial charge in [-0.3, -0.25) is 9.69 Å². The first kappa shape index (κ1) is 14.0. The molecule has 0 aliphatic carbocycles. The average Bonchev–Trinajstić information content (AvgIpc) is 2.85. The van der Waals surface area contributed by atoms with Crippen LogP contribution in [0, 0.1) is 25.2 Å². The molecule has 1 fully saturated rings. The predicted molar refractivity (Wildman–Crippen MR) is 76.2 cm³/mol. The lowest BCUT2D eigenvalue weighted by atomic mass is 10.2. The quantitative estimate of drug-likeness (QED) is 0.870. The summed E-state index contributed by atoms with van der Waals surface area (Å²) in [6.07, 6.45) is 0.938. The molecule has 0 radical (unpaired) electrons. The molecule has 2 heterocycles. The summed E-state index contributed by atoms with van der Waals surface area (Å²) in [5.74, 6) is -0.0770. The molecular formula is C13H18N4OS. The van der Waals surface area contributed by atoms with E-state index in [2.05, 4.69) is 11.4 Å². The molecule has 6 heteroatoms. The number of nitrogens with zero attached hydrogens (tertiary/aromatic N) is 2. The van der Waals surface area contributed by atoms with Crippen LogP contribution in [-0.4, -0.2) is 36.5 Å². The Morgan fingerprint density at radius 2 is 2.37 bits per heavy atom. The van der Waals surface area contributed by atoms with Crippen LogP contribution in [0.5, 0.6) is 0 Å². The molecule has 1 atom stereocenters. The maximum absolute atomic E-state index is 12.0. The van der Waals surface area contributed by atoms with Gasteiger partial charge in [0.05, 0.1) is 12.1 Å². The number of nitriles is 1. The molecule has 1 aromatic heterocycles. The standard InChI is InChI=1S/C13H18N4OS/c1-8-9(2)19-13(11(8)5-14)16-12(18)7-17-4-3-10(15)6-17/h10H,3-4,6-7,15H2,1-2H3,(H,16,18)/t10-/m0/s1. The number of carbonyl (C=O) groups is 1. The van der Waals surface area contributed by atoms with Gasteiger partial charge in [-0.1, -0.05) is 0 Å². The van der Waals surface area contributed by atoms with Crippen molar-refractivity contribution in [3.63, 3.8) is 0 Å². The Kier molecular flexibility index (Phi) is 4.20. The minimum Gasteiger partial charge on any atom is -0.326 e. The molecule has 1 amide bonds. The van der Waals surface area contributed by atoms with Crippen molar-refractivity contribution in [2.45, 2.75) is 26.3 Å². The van der Waals surface area contributed by atoms with Gasteiger partial charge >= 0.3 is 0 Å². The van der Waals surface area contributed by atoms with E-state index in [9.17, 15) is 4.79 Å². The Morgan fingerprint density at radius 3 is 2.95 bits per heavy atom. The number of likely N-dealkylation sites (tertiary alicyclic amines) is 1. The number of thiophene rings is 1. The maximum Gasteiger partial charge on any atom is 0.239 e. The van der Waals surface area contributed by atoms with Crippen LogP contribution in [0.3, 0.4) is 0 Å². The molecule has 2 rings (SSSR count). The SMILES string of the molecule is Cc1sc(NC(=O)CN2CC[C@H](N)C2)c(C#N)c1C. The Morgan fingerprint density at radius 1 is 1.63 bits per heavy atom.